The average molecular weight is 346 g/mol. The Morgan fingerprint density at radius 1 is 1.33 bits per heavy atom. The molecule has 0 radical (unpaired) electrons. The molecule has 1 aliphatic heterocycles. The summed E-state index contributed by atoms with van der Waals surface area (Å²) in [7, 11) is 0. The first-order valence-electron chi connectivity index (χ1n) is 8.19. The van der Waals surface area contributed by atoms with Crippen molar-refractivity contribution in [3.8, 4) is 0 Å². The molecule has 128 valence electrons. The highest BCUT2D eigenvalue weighted by atomic mass is 32.2. The number of aryl methyl sites for hydroxylation is 2. The minimum atomic E-state index is -1.08. The summed E-state index contributed by atoms with van der Waals surface area (Å²) in [6.45, 7) is 2.04. The van der Waals surface area contributed by atoms with E-state index in [9.17, 15) is 14.7 Å². The van der Waals surface area contributed by atoms with Crippen LogP contribution in [0, 0.1) is 6.92 Å². The van der Waals surface area contributed by atoms with Crippen LogP contribution in [0.4, 0.5) is 0 Å². The normalized spacial score (nSPS) is 16.9. The molecule has 1 aliphatic rings. The average Bonchev–Trinajstić information content (AvgIpc) is 2.96. The molecular weight excluding hydrogens is 324 g/mol. The maximum atomic E-state index is 12.3. The predicted octanol–water partition coefficient (Wildman–Crippen LogP) is 2.88. The van der Waals surface area contributed by atoms with Crippen molar-refractivity contribution in [3.05, 3.63) is 35.5 Å². The van der Waals surface area contributed by atoms with E-state index in [-0.39, 0.29) is 5.91 Å². The van der Waals surface area contributed by atoms with E-state index >= 15 is 0 Å². The van der Waals surface area contributed by atoms with E-state index in [1.165, 1.54) is 5.56 Å². The number of amides is 1. The van der Waals surface area contributed by atoms with Crippen molar-refractivity contribution >= 4 is 34.5 Å². The molecule has 3 rings (SSSR count). The number of thioether (sulfide) groups is 1. The number of aliphatic carboxylic acids is 1. The number of carbonyl (C=O) groups excluding carboxylic acids is 1. The van der Waals surface area contributed by atoms with Gasteiger partial charge in [-0.1, -0.05) is 11.6 Å². The van der Waals surface area contributed by atoms with Crippen LogP contribution < -0.4 is 5.32 Å². The van der Waals surface area contributed by atoms with Gasteiger partial charge in [0.2, 0.25) is 5.91 Å². The molecular formula is C18H22N2O3S. The van der Waals surface area contributed by atoms with Crippen molar-refractivity contribution in [2.75, 3.05) is 11.5 Å². The van der Waals surface area contributed by atoms with Crippen LogP contribution in [-0.4, -0.2) is 39.0 Å². The van der Waals surface area contributed by atoms with Crippen molar-refractivity contribution in [1.29, 1.82) is 0 Å². The first-order chi connectivity index (χ1) is 11.5. The van der Waals surface area contributed by atoms with Gasteiger partial charge in [-0.2, -0.15) is 11.8 Å². The lowest BCUT2D eigenvalue weighted by molar-refractivity contribution is -0.148. The topological polar surface area (TPSA) is 82.2 Å². The number of aromatic nitrogens is 1. The zero-order chi connectivity index (χ0) is 17.2. The highest BCUT2D eigenvalue weighted by Gasteiger charge is 2.41. The Labute approximate surface area is 145 Å². The monoisotopic (exact) mass is 346 g/mol. The minimum absolute atomic E-state index is 0.189. The fourth-order valence-electron chi connectivity index (χ4n) is 3.19. The number of hydrogen-bond donors (Lipinski definition) is 3. The Morgan fingerprint density at radius 2 is 2.08 bits per heavy atom. The first-order valence-corrected chi connectivity index (χ1v) is 9.34. The van der Waals surface area contributed by atoms with Gasteiger partial charge < -0.3 is 15.4 Å². The minimum Gasteiger partial charge on any atom is -0.480 e. The standard InChI is InChI=1S/C18H22N2O3S/c1-12-2-4-15-14(10-12)13(11-19-15)3-5-16(21)20-18(17(22)23)6-8-24-9-7-18/h2,4,10-11,19H,3,5-9H2,1H3,(H,20,21)(H,22,23). The van der Waals surface area contributed by atoms with Gasteiger partial charge in [0, 0.05) is 23.5 Å². The Balaban J connectivity index is 1.66. The van der Waals surface area contributed by atoms with E-state index in [1.807, 2.05) is 25.3 Å². The van der Waals surface area contributed by atoms with Crippen LogP contribution in [0.2, 0.25) is 0 Å². The van der Waals surface area contributed by atoms with Gasteiger partial charge in [-0.25, -0.2) is 4.79 Å². The van der Waals surface area contributed by atoms with Crippen LogP contribution >= 0.6 is 11.8 Å². The summed E-state index contributed by atoms with van der Waals surface area (Å²) in [4.78, 5) is 27.2. The van der Waals surface area contributed by atoms with Gasteiger partial charge in [0.05, 0.1) is 0 Å². The molecule has 1 amide bonds. The number of carbonyl (C=O) groups is 2. The van der Waals surface area contributed by atoms with Crippen molar-refractivity contribution in [2.45, 2.75) is 38.1 Å². The summed E-state index contributed by atoms with van der Waals surface area (Å²) >= 11 is 1.74. The number of benzene rings is 1. The molecule has 1 fully saturated rings. The van der Waals surface area contributed by atoms with Crippen LogP contribution in [0.15, 0.2) is 24.4 Å². The Hall–Kier alpha value is -1.95. The summed E-state index contributed by atoms with van der Waals surface area (Å²) in [5, 5.41) is 13.5. The van der Waals surface area contributed by atoms with Gasteiger partial charge in [0.25, 0.3) is 0 Å². The van der Waals surface area contributed by atoms with Gasteiger partial charge in [0.1, 0.15) is 5.54 Å². The van der Waals surface area contributed by atoms with Crippen LogP contribution in [0.5, 0.6) is 0 Å². The number of hydrogen-bond acceptors (Lipinski definition) is 3. The van der Waals surface area contributed by atoms with Crippen LogP contribution in [0.25, 0.3) is 10.9 Å². The quantitative estimate of drug-likeness (QED) is 0.777. The second-order valence-electron chi connectivity index (χ2n) is 6.41. The summed E-state index contributed by atoms with van der Waals surface area (Å²) in [5.41, 5.74) is 2.24. The van der Waals surface area contributed by atoms with Gasteiger partial charge in [-0.05, 0) is 55.4 Å². The van der Waals surface area contributed by atoms with Gasteiger partial charge in [0.15, 0.2) is 0 Å². The third-order valence-electron chi connectivity index (χ3n) is 4.68. The van der Waals surface area contributed by atoms with E-state index < -0.39 is 11.5 Å². The second kappa shape index (κ2) is 6.89. The number of aromatic amines is 1. The maximum Gasteiger partial charge on any atom is 0.329 e. The number of carboxylic acid groups (broad SMARTS) is 1. The lowest BCUT2D eigenvalue weighted by Crippen LogP contribution is -2.56. The molecule has 0 bridgehead atoms. The van der Waals surface area contributed by atoms with Crippen LogP contribution in [0.3, 0.4) is 0 Å². The lowest BCUT2D eigenvalue weighted by atomic mass is 9.92. The molecule has 2 heterocycles. The smallest absolute Gasteiger partial charge is 0.329 e. The molecule has 1 aromatic carbocycles. The number of rotatable bonds is 5. The summed E-state index contributed by atoms with van der Waals surface area (Å²) in [5.74, 6) is 0.438. The number of carboxylic acids is 1. The molecule has 1 saturated heterocycles. The van der Waals surface area contributed by atoms with Crippen LogP contribution in [0.1, 0.15) is 30.4 Å². The maximum absolute atomic E-state index is 12.3. The summed E-state index contributed by atoms with van der Waals surface area (Å²) in [6.07, 6.45) is 3.81. The van der Waals surface area contributed by atoms with E-state index in [2.05, 4.69) is 16.4 Å². The molecule has 0 atom stereocenters. The Morgan fingerprint density at radius 3 is 2.79 bits per heavy atom. The summed E-state index contributed by atoms with van der Waals surface area (Å²) < 4.78 is 0. The zero-order valence-electron chi connectivity index (χ0n) is 13.7. The number of nitrogens with one attached hydrogen (secondary N) is 2. The third kappa shape index (κ3) is 3.43. The van der Waals surface area contributed by atoms with Crippen molar-refractivity contribution in [3.63, 3.8) is 0 Å². The highest BCUT2D eigenvalue weighted by molar-refractivity contribution is 7.99. The van der Waals surface area contributed by atoms with E-state index in [0.717, 1.165) is 28.0 Å². The van der Waals surface area contributed by atoms with Gasteiger partial charge in [-0.3, -0.25) is 4.79 Å². The Bertz CT molecular complexity index is 763. The molecule has 0 unspecified atom stereocenters. The summed E-state index contributed by atoms with van der Waals surface area (Å²) in [6, 6.07) is 6.19. The molecule has 0 saturated carbocycles. The lowest BCUT2D eigenvalue weighted by Gasteiger charge is -2.33. The van der Waals surface area contributed by atoms with Crippen molar-refractivity contribution in [2.24, 2.45) is 0 Å². The molecule has 2 aromatic rings. The van der Waals surface area contributed by atoms with E-state index in [1.54, 1.807) is 11.8 Å². The van der Waals surface area contributed by atoms with Crippen molar-refractivity contribution < 1.29 is 14.7 Å². The molecule has 3 N–H and O–H groups in total. The fourth-order valence-corrected chi connectivity index (χ4v) is 4.38. The molecule has 5 nitrogen and oxygen atoms in total. The SMILES string of the molecule is Cc1ccc2[nH]cc(CCC(=O)NC3(C(=O)O)CCSCC3)c2c1. The second-order valence-corrected chi connectivity index (χ2v) is 7.64. The molecule has 1 aromatic heterocycles. The molecule has 0 spiro atoms. The van der Waals surface area contributed by atoms with Crippen molar-refractivity contribution in [1.82, 2.24) is 10.3 Å². The predicted molar refractivity (Wildman–Crippen MR) is 96.4 cm³/mol. The largest absolute Gasteiger partial charge is 0.480 e. The van der Waals surface area contributed by atoms with E-state index in [4.69, 9.17) is 0 Å². The van der Waals surface area contributed by atoms with E-state index in [0.29, 0.717) is 25.7 Å². The molecule has 6 heteroatoms. The fraction of sp³-hybridized carbons (Fsp3) is 0.444. The highest BCUT2D eigenvalue weighted by Crippen LogP contribution is 2.28. The molecule has 0 aliphatic carbocycles. The third-order valence-corrected chi connectivity index (χ3v) is 5.66. The van der Waals surface area contributed by atoms with Crippen LogP contribution in [-0.2, 0) is 16.0 Å². The zero-order valence-corrected chi connectivity index (χ0v) is 14.5. The van der Waals surface area contributed by atoms with Gasteiger partial charge >= 0.3 is 5.97 Å². The number of H-pyrrole nitrogens is 1. The first kappa shape index (κ1) is 16.9. The molecule has 24 heavy (non-hydrogen) atoms. The Kier molecular flexibility index (Phi) is 4.85. The van der Waals surface area contributed by atoms with Gasteiger partial charge in [-0.15, -0.1) is 0 Å². The number of fused-ring (bicyclic) bond motifs is 1.